The number of rotatable bonds is 6. The first-order valence-electron chi connectivity index (χ1n) is 7.09. The number of aryl methyl sites for hydroxylation is 1. The van der Waals surface area contributed by atoms with Crippen molar-refractivity contribution in [2.24, 2.45) is 0 Å². The molecule has 3 nitrogen and oxygen atoms in total. The maximum atomic E-state index is 4.49. The van der Waals surface area contributed by atoms with Gasteiger partial charge in [-0.1, -0.05) is 18.9 Å². The fourth-order valence-electron chi connectivity index (χ4n) is 2.70. The average molecular weight is 247 g/mol. The van der Waals surface area contributed by atoms with Gasteiger partial charge in [0.1, 0.15) is 0 Å². The highest BCUT2D eigenvalue weighted by molar-refractivity contribution is 5.09. The van der Waals surface area contributed by atoms with E-state index in [4.69, 9.17) is 0 Å². The lowest BCUT2D eigenvalue weighted by Gasteiger charge is -2.23. The van der Waals surface area contributed by atoms with Gasteiger partial charge < -0.3 is 10.2 Å². The topological polar surface area (TPSA) is 28.2 Å². The summed E-state index contributed by atoms with van der Waals surface area (Å²) in [4.78, 5) is 6.99. The minimum absolute atomic E-state index is 0.823. The van der Waals surface area contributed by atoms with Crippen molar-refractivity contribution in [2.75, 3.05) is 20.1 Å². The molecule has 0 unspecified atom stereocenters. The molecule has 0 spiro atoms. The van der Waals surface area contributed by atoms with Crippen LogP contribution in [0.15, 0.2) is 18.2 Å². The van der Waals surface area contributed by atoms with E-state index in [1.165, 1.54) is 25.7 Å². The van der Waals surface area contributed by atoms with Gasteiger partial charge in [-0.3, -0.25) is 4.98 Å². The van der Waals surface area contributed by atoms with Crippen LogP contribution in [0.2, 0.25) is 0 Å². The Hall–Kier alpha value is -0.930. The minimum atomic E-state index is 0.823. The molecule has 1 fully saturated rings. The van der Waals surface area contributed by atoms with Gasteiger partial charge in [-0.2, -0.15) is 0 Å². The van der Waals surface area contributed by atoms with Crippen molar-refractivity contribution in [3.63, 3.8) is 0 Å². The molecular weight excluding hydrogens is 222 g/mol. The van der Waals surface area contributed by atoms with Crippen molar-refractivity contribution in [1.82, 2.24) is 15.2 Å². The molecule has 0 amide bonds. The number of aromatic nitrogens is 1. The molecule has 18 heavy (non-hydrogen) atoms. The zero-order valence-corrected chi connectivity index (χ0v) is 11.7. The second kappa shape index (κ2) is 6.86. The van der Waals surface area contributed by atoms with Gasteiger partial charge in [0, 0.05) is 31.4 Å². The van der Waals surface area contributed by atoms with E-state index in [-0.39, 0.29) is 0 Å². The van der Waals surface area contributed by atoms with E-state index in [0.717, 1.165) is 37.1 Å². The summed E-state index contributed by atoms with van der Waals surface area (Å²) in [5, 5.41) is 3.48. The normalized spacial score (nSPS) is 16.6. The number of likely N-dealkylation sites (N-methyl/N-ethyl adjacent to an activating group) is 1. The number of hydrogen-bond donors (Lipinski definition) is 1. The van der Waals surface area contributed by atoms with Crippen molar-refractivity contribution in [3.8, 4) is 0 Å². The Morgan fingerprint density at radius 2 is 2.11 bits per heavy atom. The van der Waals surface area contributed by atoms with E-state index in [0.29, 0.717) is 0 Å². The molecule has 0 saturated heterocycles. The average Bonchev–Trinajstić information content (AvgIpc) is 2.88. The highest BCUT2D eigenvalue weighted by atomic mass is 15.1. The first-order valence-corrected chi connectivity index (χ1v) is 7.09. The van der Waals surface area contributed by atoms with E-state index >= 15 is 0 Å². The van der Waals surface area contributed by atoms with Gasteiger partial charge in [-0.15, -0.1) is 0 Å². The quantitative estimate of drug-likeness (QED) is 0.782. The standard InChI is InChI=1S/C15H25N3/c1-13-6-5-7-14(17-13)12-16-10-11-18(2)15-8-3-4-9-15/h5-7,15-16H,3-4,8-12H2,1-2H3. The number of pyridine rings is 1. The zero-order chi connectivity index (χ0) is 12.8. The van der Waals surface area contributed by atoms with E-state index < -0.39 is 0 Å². The summed E-state index contributed by atoms with van der Waals surface area (Å²) in [6.45, 7) is 5.09. The van der Waals surface area contributed by atoms with E-state index in [9.17, 15) is 0 Å². The van der Waals surface area contributed by atoms with Crippen molar-refractivity contribution in [1.29, 1.82) is 0 Å². The van der Waals surface area contributed by atoms with Gasteiger partial charge in [-0.05, 0) is 38.9 Å². The van der Waals surface area contributed by atoms with Crippen LogP contribution < -0.4 is 5.32 Å². The summed E-state index contributed by atoms with van der Waals surface area (Å²) in [7, 11) is 2.25. The van der Waals surface area contributed by atoms with Crippen molar-refractivity contribution in [3.05, 3.63) is 29.6 Å². The fourth-order valence-corrected chi connectivity index (χ4v) is 2.70. The lowest BCUT2D eigenvalue weighted by atomic mass is 10.2. The molecular formula is C15H25N3. The van der Waals surface area contributed by atoms with Crippen LogP contribution in [0.4, 0.5) is 0 Å². The Bertz CT molecular complexity index is 359. The predicted molar refractivity (Wildman–Crippen MR) is 75.6 cm³/mol. The highest BCUT2D eigenvalue weighted by Gasteiger charge is 2.18. The molecule has 1 aliphatic rings. The van der Waals surface area contributed by atoms with Gasteiger partial charge in [0.25, 0.3) is 0 Å². The predicted octanol–water partition coefficient (Wildman–Crippen LogP) is 2.35. The number of nitrogens with zero attached hydrogens (tertiary/aromatic N) is 2. The molecule has 0 aliphatic heterocycles. The summed E-state index contributed by atoms with van der Waals surface area (Å²) in [5.74, 6) is 0. The van der Waals surface area contributed by atoms with Crippen molar-refractivity contribution < 1.29 is 0 Å². The lowest BCUT2D eigenvalue weighted by molar-refractivity contribution is 0.245. The largest absolute Gasteiger partial charge is 0.310 e. The molecule has 1 heterocycles. The highest BCUT2D eigenvalue weighted by Crippen LogP contribution is 2.21. The van der Waals surface area contributed by atoms with Gasteiger partial charge in [0.15, 0.2) is 0 Å². The van der Waals surface area contributed by atoms with Crippen LogP contribution in [0.5, 0.6) is 0 Å². The monoisotopic (exact) mass is 247 g/mol. The van der Waals surface area contributed by atoms with Gasteiger partial charge in [0.2, 0.25) is 0 Å². The molecule has 1 aromatic heterocycles. The van der Waals surface area contributed by atoms with E-state index in [1.807, 2.05) is 13.0 Å². The third-order valence-corrected chi connectivity index (χ3v) is 3.84. The lowest BCUT2D eigenvalue weighted by Crippen LogP contribution is -2.35. The molecule has 100 valence electrons. The summed E-state index contributed by atoms with van der Waals surface area (Å²) in [6.07, 6.45) is 5.59. The molecule has 3 heteroatoms. The number of hydrogen-bond acceptors (Lipinski definition) is 3. The van der Waals surface area contributed by atoms with Crippen LogP contribution in [0.3, 0.4) is 0 Å². The molecule has 0 bridgehead atoms. The van der Waals surface area contributed by atoms with Gasteiger partial charge in [0.05, 0.1) is 5.69 Å². The molecule has 0 atom stereocenters. The molecule has 1 aromatic rings. The van der Waals surface area contributed by atoms with Crippen LogP contribution in [0, 0.1) is 6.92 Å². The van der Waals surface area contributed by atoms with E-state index in [2.05, 4.69) is 34.4 Å². The fraction of sp³-hybridized carbons (Fsp3) is 0.667. The molecule has 1 N–H and O–H groups in total. The maximum Gasteiger partial charge on any atom is 0.0544 e. The Morgan fingerprint density at radius 1 is 1.33 bits per heavy atom. The van der Waals surface area contributed by atoms with Gasteiger partial charge >= 0.3 is 0 Å². The molecule has 1 saturated carbocycles. The second-order valence-electron chi connectivity index (χ2n) is 5.37. The maximum absolute atomic E-state index is 4.49. The molecule has 0 aromatic carbocycles. The summed E-state index contributed by atoms with van der Waals surface area (Å²) in [6, 6.07) is 7.02. The van der Waals surface area contributed by atoms with Gasteiger partial charge in [-0.25, -0.2) is 0 Å². The Labute approximate surface area is 111 Å². The second-order valence-corrected chi connectivity index (χ2v) is 5.37. The Balaban J connectivity index is 1.63. The van der Waals surface area contributed by atoms with Crippen LogP contribution in [-0.4, -0.2) is 36.1 Å². The number of nitrogens with one attached hydrogen (secondary N) is 1. The first-order chi connectivity index (χ1) is 8.75. The molecule has 1 aliphatic carbocycles. The zero-order valence-electron chi connectivity index (χ0n) is 11.7. The smallest absolute Gasteiger partial charge is 0.0544 e. The van der Waals surface area contributed by atoms with Crippen LogP contribution >= 0.6 is 0 Å². The summed E-state index contributed by atoms with van der Waals surface area (Å²) in [5.41, 5.74) is 2.23. The SMILES string of the molecule is Cc1cccc(CNCCN(C)C2CCCC2)n1. The third-order valence-electron chi connectivity index (χ3n) is 3.84. The van der Waals surface area contributed by atoms with Crippen LogP contribution in [0.25, 0.3) is 0 Å². The van der Waals surface area contributed by atoms with Crippen molar-refractivity contribution in [2.45, 2.75) is 45.2 Å². The summed E-state index contributed by atoms with van der Waals surface area (Å²) >= 11 is 0. The minimum Gasteiger partial charge on any atom is -0.310 e. The van der Waals surface area contributed by atoms with Crippen molar-refractivity contribution >= 4 is 0 Å². The summed E-state index contributed by atoms with van der Waals surface area (Å²) < 4.78 is 0. The first kappa shape index (κ1) is 13.5. The van der Waals surface area contributed by atoms with Crippen LogP contribution in [0.1, 0.15) is 37.1 Å². The molecule has 0 radical (unpaired) electrons. The molecule has 2 rings (SSSR count). The Kier molecular flexibility index (Phi) is 5.14. The Morgan fingerprint density at radius 3 is 2.83 bits per heavy atom. The van der Waals surface area contributed by atoms with Crippen LogP contribution in [-0.2, 0) is 6.54 Å². The third kappa shape index (κ3) is 4.07. The van der Waals surface area contributed by atoms with E-state index in [1.54, 1.807) is 0 Å².